The zero-order valence-corrected chi connectivity index (χ0v) is 25.7. The Balaban J connectivity index is 1.59. The molecule has 3 unspecified atom stereocenters. The maximum Gasteiger partial charge on any atom is 0.402 e. The lowest BCUT2D eigenvalue weighted by atomic mass is 9.80. The minimum Gasteiger partial charge on any atom is -0.454 e. The van der Waals surface area contributed by atoms with Gasteiger partial charge in [0.1, 0.15) is 0 Å². The maximum absolute atomic E-state index is 13.5. The number of rotatable bonds is 9. The van der Waals surface area contributed by atoms with Crippen molar-refractivity contribution < 1.29 is 40.8 Å². The van der Waals surface area contributed by atoms with E-state index >= 15 is 0 Å². The van der Waals surface area contributed by atoms with Gasteiger partial charge in [0.25, 0.3) is 0 Å². The van der Waals surface area contributed by atoms with Crippen molar-refractivity contribution in [2.24, 2.45) is 11.3 Å². The number of alkyl halides is 2. The van der Waals surface area contributed by atoms with Gasteiger partial charge >= 0.3 is 21.3 Å². The van der Waals surface area contributed by atoms with Crippen LogP contribution in [0.5, 0.6) is 0 Å². The highest BCUT2D eigenvalue weighted by Gasteiger charge is 2.47. The molecule has 7 nitrogen and oxygen atoms in total. The van der Waals surface area contributed by atoms with Crippen molar-refractivity contribution in [3.8, 4) is 0 Å². The number of hydrogen-bond donors (Lipinski definition) is 1. The molecule has 1 aliphatic heterocycles. The fourth-order valence-corrected chi connectivity index (χ4v) is 7.19. The molecule has 0 aromatic heterocycles. The van der Waals surface area contributed by atoms with Crippen LogP contribution in [0.25, 0.3) is 0 Å². The van der Waals surface area contributed by atoms with Crippen molar-refractivity contribution in [2.45, 2.75) is 66.5 Å². The highest BCUT2D eigenvalue weighted by atomic mass is 32.2. The summed E-state index contributed by atoms with van der Waals surface area (Å²) in [5.74, 6) is -1.73. The van der Waals surface area contributed by atoms with Crippen LogP contribution in [0.1, 0.15) is 50.5 Å². The van der Waals surface area contributed by atoms with E-state index in [-0.39, 0.29) is 17.1 Å². The van der Waals surface area contributed by atoms with E-state index < -0.39 is 44.6 Å². The molecule has 4 rings (SSSR count). The van der Waals surface area contributed by atoms with Gasteiger partial charge in [0, 0.05) is 11.0 Å². The van der Waals surface area contributed by atoms with Gasteiger partial charge < -0.3 is 14.2 Å². The number of hydrogen-bond acceptors (Lipinski definition) is 6. The Labute approximate surface area is 248 Å². The molecule has 11 heteroatoms. The summed E-state index contributed by atoms with van der Waals surface area (Å²) < 4.78 is 74.4. The molecule has 3 aromatic carbocycles. The largest absolute Gasteiger partial charge is 0.454 e. The smallest absolute Gasteiger partial charge is 0.402 e. The van der Waals surface area contributed by atoms with Crippen LogP contribution in [0.2, 0.25) is 0 Å². The molecule has 0 bridgehead atoms. The standard InChI is InChI=1S/C31H34F2O7S2/c1-21(2)27-29(3,4)19-39-30(5,40-27)23-13-17-26(18-14-23)41(24-9-7-6-8-10-24)25-15-11-22(12-16-25)28(34)38-20-31(32,33)42(35,36)37/h6-18,21,27H,19-20H2,1-5H3/p+1. The summed E-state index contributed by atoms with van der Waals surface area (Å²) in [6.07, 6.45) is 0.0133. The second kappa shape index (κ2) is 12.0. The molecule has 42 heavy (non-hydrogen) atoms. The third-order valence-electron chi connectivity index (χ3n) is 7.11. The first-order valence-corrected chi connectivity index (χ1v) is 16.0. The number of esters is 1. The summed E-state index contributed by atoms with van der Waals surface area (Å²) in [5.41, 5.74) is 0.728. The van der Waals surface area contributed by atoms with Crippen LogP contribution in [0.4, 0.5) is 8.78 Å². The molecule has 1 fully saturated rings. The van der Waals surface area contributed by atoms with Gasteiger partial charge in [-0.25, -0.2) is 4.79 Å². The molecule has 3 atom stereocenters. The lowest BCUT2D eigenvalue weighted by Crippen LogP contribution is -2.52. The highest BCUT2D eigenvalue weighted by molar-refractivity contribution is 7.97. The van der Waals surface area contributed by atoms with Gasteiger partial charge in [0.15, 0.2) is 27.1 Å². The Morgan fingerprint density at radius 3 is 2.02 bits per heavy atom. The van der Waals surface area contributed by atoms with Crippen molar-refractivity contribution >= 4 is 27.0 Å². The number of halogens is 2. The first-order valence-electron chi connectivity index (χ1n) is 13.4. The summed E-state index contributed by atoms with van der Waals surface area (Å²) in [4.78, 5) is 15.2. The van der Waals surface area contributed by atoms with Crippen molar-refractivity contribution in [2.75, 3.05) is 13.2 Å². The third kappa shape index (κ3) is 6.86. The second-order valence-electron chi connectivity index (χ2n) is 11.4. The van der Waals surface area contributed by atoms with Crippen molar-refractivity contribution in [3.63, 3.8) is 0 Å². The van der Waals surface area contributed by atoms with Gasteiger partial charge in [-0.05, 0) is 73.5 Å². The number of benzene rings is 3. The van der Waals surface area contributed by atoms with Gasteiger partial charge in [-0.1, -0.05) is 45.9 Å². The first kappa shape index (κ1) is 32.1. The Bertz CT molecular complexity index is 1490. The predicted molar refractivity (Wildman–Crippen MR) is 155 cm³/mol. The Morgan fingerprint density at radius 1 is 0.976 bits per heavy atom. The fourth-order valence-electron chi connectivity index (χ4n) is 4.92. The van der Waals surface area contributed by atoms with E-state index in [0.29, 0.717) is 12.5 Å². The fraction of sp³-hybridized carbons (Fsp3) is 0.387. The average Bonchev–Trinajstić information content (AvgIpc) is 2.94. The second-order valence-corrected chi connectivity index (χ2v) is 14.9. The minimum atomic E-state index is -5.71. The van der Waals surface area contributed by atoms with E-state index in [9.17, 15) is 22.0 Å². The van der Waals surface area contributed by atoms with Crippen LogP contribution in [0, 0.1) is 11.3 Å². The molecule has 0 saturated carbocycles. The predicted octanol–water partition coefficient (Wildman–Crippen LogP) is 6.69. The highest BCUT2D eigenvalue weighted by Crippen LogP contribution is 2.43. The zero-order valence-electron chi connectivity index (χ0n) is 24.0. The van der Waals surface area contributed by atoms with E-state index in [1.54, 1.807) is 12.1 Å². The molecular weight excluding hydrogens is 586 g/mol. The molecule has 3 aromatic rings. The van der Waals surface area contributed by atoms with Crippen LogP contribution in [0.3, 0.4) is 0 Å². The summed E-state index contributed by atoms with van der Waals surface area (Å²) in [6.45, 7) is 9.28. The normalized spacial score (nSPS) is 21.6. The molecular formula is C31H35F2O7S2+. The lowest BCUT2D eigenvalue weighted by Gasteiger charge is -2.49. The summed E-state index contributed by atoms with van der Waals surface area (Å²) >= 11 is 0. The summed E-state index contributed by atoms with van der Waals surface area (Å²) in [6, 6.07) is 24.1. The van der Waals surface area contributed by atoms with Gasteiger partial charge in [-0.3, -0.25) is 4.55 Å². The Hall–Kier alpha value is -2.83. The summed E-state index contributed by atoms with van der Waals surface area (Å²) in [7, 11) is -6.30. The van der Waals surface area contributed by atoms with Crippen LogP contribution >= 0.6 is 0 Å². The van der Waals surface area contributed by atoms with Crippen LogP contribution < -0.4 is 0 Å². The van der Waals surface area contributed by atoms with E-state index in [2.05, 4.69) is 32.4 Å². The minimum absolute atomic E-state index is 0.0133. The zero-order chi connectivity index (χ0) is 30.9. The van der Waals surface area contributed by atoms with Gasteiger partial charge in [0.2, 0.25) is 0 Å². The van der Waals surface area contributed by atoms with Crippen LogP contribution in [-0.2, 0) is 41.0 Å². The first-order chi connectivity index (χ1) is 19.5. The number of carbonyl (C=O) groups is 1. The molecule has 0 aliphatic carbocycles. The molecule has 0 radical (unpaired) electrons. The third-order valence-corrected chi connectivity index (χ3v) is 10.2. The van der Waals surface area contributed by atoms with E-state index in [4.69, 9.17) is 14.0 Å². The quantitative estimate of drug-likeness (QED) is 0.162. The number of carbonyl (C=O) groups excluding carboxylic acids is 1. The number of ether oxygens (including phenoxy) is 3. The average molecular weight is 622 g/mol. The van der Waals surface area contributed by atoms with Crippen molar-refractivity contribution in [1.29, 1.82) is 0 Å². The van der Waals surface area contributed by atoms with E-state index in [1.165, 1.54) is 12.1 Å². The van der Waals surface area contributed by atoms with E-state index in [0.717, 1.165) is 20.2 Å². The van der Waals surface area contributed by atoms with E-state index in [1.807, 2.05) is 61.5 Å². The molecule has 0 spiro atoms. The molecule has 1 heterocycles. The Morgan fingerprint density at radius 2 is 1.50 bits per heavy atom. The van der Waals surface area contributed by atoms with Crippen molar-refractivity contribution in [1.82, 2.24) is 0 Å². The molecule has 1 saturated heterocycles. The molecule has 226 valence electrons. The SMILES string of the molecule is CC(C)C1OC(C)(c2ccc([S+](c3ccccc3)c3ccc(C(=O)OCC(F)(F)S(=O)(=O)O)cc3)cc2)OCC1(C)C. The maximum atomic E-state index is 13.5. The monoisotopic (exact) mass is 621 g/mol. The molecule has 1 aliphatic rings. The van der Waals surface area contributed by atoms with Gasteiger partial charge in [0.05, 0.1) is 29.2 Å². The summed E-state index contributed by atoms with van der Waals surface area (Å²) in [5, 5.41) is -4.61. The molecule has 1 N–H and O–H groups in total. The van der Waals surface area contributed by atoms with Crippen molar-refractivity contribution in [3.05, 3.63) is 90.0 Å². The van der Waals surface area contributed by atoms with Crippen LogP contribution in [-0.4, -0.2) is 43.5 Å². The Kier molecular flexibility index (Phi) is 9.20. The lowest BCUT2D eigenvalue weighted by molar-refractivity contribution is -0.337. The van der Waals surface area contributed by atoms with Crippen LogP contribution in [0.15, 0.2) is 93.5 Å². The topological polar surface area (TPSA) is 99.1 Å². The molecule has 0 amide bonds. The van der Waals surface area contributed by atoms with Gasteiger partial charge in [-0.15, -0.1) is 0 Å². The van der Waals surface area contributed by atoms with Gasteiger partial charge in [-0.2, -0.15) is 17.2 Å².